The van der Waals surface area contributed by atoms with E-state index < -0.39 is 5.60 Å². The van der Waals surface area contributed by atoms with Gasteiger partial charge in [-0.2, -0.15) is 0 Å². The van der Waals surface area contributed by atoms with E-state index in [1.165, 1.54) is 22.3 Å². The third-order valence-corrected chi connectivity index (χ3v) is 3.57. The predicted octanol–water partition coefficient (Wildman–Crippen LogP) is 4.04. The van der Waals surface area contributed by atoms with Crippen LogP contribution in [0.1, 0.15) is 45.2 Å². The van der Waals surface area contributed by atoms with Crippen molar-refractivity contribution >= 4 is 5.57 Å². The molecule has 1 heteroatoms. The lowest BCUT2D eigenvalue weighted by Crippen LogP contribution is -2.17. The quantitative estimate of drug-likeness (QED) is 0.810. The molecule has 0 saturated carbocycles. The average Bonchev–Trinajstić information content (AvgIpc) is 2.59. The minimum Gasteiger partial charge on any atom is -0.386 e. The minimum absolute atomic E-state index is 0.791. The van der Waals surface area contributed by atoms with E-state index >= 15 is 0 Å². The topological polar surface area (TPSA) is 20.2 Å². The summed E-state index contributed by atoms with van der Waals surface area (Å²) in [4.78, 5) is 0. The molecule has 0 unspecified atom stereocenters. The zero-order valence-electron chi connectivity index (χ0n) is 11.0. The Kier molecular flexibility index (Phi) is 2.96. The molecule has 1 N–H and O–H groups in total. The molecule has 0 radical (unpaired) electrons. The van der Waals surface area contributed by atoms with Gasteiger partial charge in [-0.3, -0.25) is 0 Å². The summed E-state index contributed by atoms with van der Waals surface area (Å²) in [6.07, 6.45) is 3.23. The van der Waals surface area contributed by atoms with Crippen LogP contribution in [0.3, 0.4) is 0 Å². The van der Waals surface area contributed by atoms with Gasteiger partial charge in [-0.1, -0.05) is 35.9 Å². The number of benzene rings is 1. The molecular formula is C16H20O. The maximum Gasteiger partial charge on any atom is 0.0846 e. The van der Waals surface area contributed by atoms with Gasteiger partial charge in [0.25, 0.3) is 0 Å². The van der Waals surface area contributed by atoms with E-state index in [2.05, 4.69) is 26.0 Å². The van der Waals surface area contributed by atoms with Crippen molar-refractivity contribution < 1.29 is 5.11 Å². The van der Waals surface area contributed by atoms with E-state index in [9.17, 15) is 5.11 Å². The normalized spacial score (nSPS) is 16.4. The maximum absolute atomic E-state index is 10.2. The molecule has 0 spiro atoms. The summed E-state index contributed by atoms with van der Waals surface area (Å²) in [6, 6.07) is 8.16. The van der Waals surface area contributed by atoms with Crippen LogP contribution in [0.15, 0.2) is 41.5 Å². The first kappa shape index (κ1) is 12.1. The minimum atomic E-state index is -0.791. The lowest BCUT2D eigenvalue weighted by atomic mass is 9.88. The number of rotatable bonds is 2. The molecule has 0 aliphatic heterocycles. The van der Waals surface area contributed by atoms with Gasteiger partial charge >= 0.3 is 0 Å². The number of hydrogen-bond acceptors (Lipinski definition) is 1. The third-order valence-electron chi connectivity index (χ3n) is 3.57. The van der Waals surface area contributed by atoms with Gasteiger partial charge < -0.3 is 5.11 Å². The van der Waals surface area contributed by atoms with Crippen molar-refractivity contribution in [3.63, 3.8) is 0 Å². The van der Waals surface area contributed by atoms with Crippen LogP contribution in [0.5, 0.6) is 0 Å². The highest BCUT2D eigenvalue weighted by Gasteiger charge is 2.23. The molecule has 1 aromatic rings. The highest BCUT2D eigenvalue weighted by atomic mass is 16.3. The number of hydrogen-bond donors (Lipinski definition) is 1. The molecule has 0 amide bonds. The van der Waals surface area contributed by atoms with Crippen molar-refractivity contribution in [2.45, 2.75) is 39.7 Å². The van der Waals surface area contributed by atoms with Gasteiger partial charge in [0.05, 0.1) is 5.60 Å². The predicted molar refractivity (Wildman–Crippen MR) is 72.7 cm³/mol. The van der Waals surface area contributed by atoms with Crippen LogP contribution in [0.2, 0.25) is 0 Å². The summed E-state index contributed by atoms with van der Waals surface area (Å²) in [5.41, 5.74) is 5.45. The smallest absolute Gasteiger partial charge is 0.0846 e. The summed E-state index contributed by atoms with van der Waals surface area (Å²) in [5.74, 6) is 0. The molecule has 0 bridgehead atoms. The first-order valence-electron chi connectivity index (χ1n) is 6.10. The Morgan fingerprint density at radius 3 is 2.29 bits per heavy atom. The van der Waals surface area contributed by atoms with Crippen LogP contribution in [0, 0.1) is 0 Å². The zero-order chi connectivity index (χ0) is 12.6. The molecule has 17 heavy (non-hydrogen) atoms. The van der Waals surface area contributed by atoms with Crippen LogP contribution >= 0.6 is 0 Å². The summed E-state index contributed by atoms with van der Waals surface area (Å²) in [5, 5.41) is 10.2. The van der Waals surface area contributed by atoms with Gasteiger partial charge in [-0.15, -0.1) is 0 Å². The van der Waals surface area contributed by atoms with Gasteiger partial charge in [0.1, 0.15) is 0 Å². The highest BCUT2D eigenvalue weighted by molar-refractivity contribution is 5.78. The van der Waals surface area contributed by atoms with Crippen LogP contribution < -0.4 is 0 Å². The standard InChI is InChI=1S/C16H20O/c1-11-9-10-13(12(11)2)14-7-5-6-8-15(14)16(3,4)17/h5-9,17H,10H2,1-4H3. The van der Waals surface area contributed by atoms with Gasteiger partial charge in [0.15, 0.2) is 0 Å². The molecule has 0 atom stereocenters. The van der Waals surface area contributed by atoms with E-state index in [1.807, 2.05) is 32.0 Å². The first-order valence-corrected chi connectivity index (χ1v) is 6.10. The highest BCUT2D eigenvalue weighted by Crippen LogP contribution is 2.37. The lowest BCUT2D eigenvalue weighted by molar-refractivity contribution is 0.0783. The second-order valence-electron chi connectivity index (χ2n) is 5.30. The molecule has 1 nitrogen and oxygen atoms in total. The van der Waals surface area contributed by atoms with Crippen molar-refractivity contribution in [1.29, 1.82) is 0 Å². The van der Waals surface area contributed by atoms with Crippen molar-refractivity contribution in [3.05, 3.63) is 52.6 Å². The summed E-state index contributed by atoms with van der Waals surface area (Å²) in [6.45, 7) is 8.00. The van der Waals surface area contributed by atoms with Gasteiger partial charge in [-0.25, -0.2) is 0 Å². The molecule has 2 rings (SSSR count). The summed E-state index contributed by atoms with van der Waals surface area (Å²) >= 11 is 0. The molecule has 0 fully saturated rings. The third kappa shape index (κ3) is 2.20. The van der Waals surface area contributed by atoms with Gasteiger partial charge in [0, 0.05) is 0 Å². The second-order valence-corrected chi connectivity index (χ2v) is 5.30. The fourth-order valence-electron chi connectivity index (χ4n) is 2.39. The largest absolute Gasteiger partial charge is 0.386 e. The summed E-state index contributed by atoms with van der Waals surface area (Å²) in [7, 11) is 0. The van der Waals surface area contributed by atoms with Crippen LogP contribution in [-0.4, -0.2) is 5.11 Å². The van der Waals surface area contributed by atoms with Crippen molar-refractivity contribution in [1.82, 2.24) is 0 Å². The molecule has 1 aliphatic rings. The summed E-state index contributed by atoms with van der Waals surface area (Å²) < 4.78 is 0. The van der Waals surface area contributed by atoms with E-state index in [0.29, 0.717) is 0 Å². The fourth-order valence-corrected chi connectivity index (χ4v) is 2.39. The van der Waals surface area contributed by atoms with Crippen LogP contribution in [0.4, 0.5) is 0 Å². The van der Waals surface area contributed by atoms with Crippen molar-refractivity contribution in [3.8, 4) is 0 Å². The monoisotopic (exact) mass is 228 g/mol. The van der Waals surface area contributed by atoms with E-state index in [1.54, 1.807) is 0 Å². The lowest BCUT2D eigenvalue weighted by Gasteiger charge is -2.22. The SMILES string of the molecule is CC1=CCC(c2ccccc2C(C)(C)O)=C1C. The van der Waals surface area contributed by atoms with Gasteiger partial charge in [0.2, 0.25) is 0 Å². The maximum atomic E-state index is 10.2. The molecular weight excluding hydrogens is 208 g/mol. The fraction of sp³-hybridized carbons (Fsp3) is 0.375. The van der Waals surface area contributed by atoms with E-state index in [4.69, 9.17) is 0 Å². The molecule has 0 saturated heterocycles. The van der Waals surface area contributed by atoms with Crippen LogP contribution in [-0.2, 0) is 5.60 Å². The zero-order valence-corrected chi connectivity index (χ0v) is 11.0. The Hall–Kier alpha value is -1.34. The van der Waals surface area contributed by atoms with E-state index in [-0.39, 0.29) is 0 Å². The second kappa shape index (κ2) is 4.15. The van der Waals surface area contributed by atoms with Crippen molar-refractivity contribution in [2.75, 3.05) is 0 Å². The first-order chi connectivity index (χ1) is 7.91. The number of aliphatic hydroxyl groups is 1. The van der Waals surface area contributed by atoms with Crippen molar-refractivity contribution in [2.24, 2.45) is 0 Å². The van der Waals surface area contributed by atoms with Gasteiger partial charge in [-0.05, 0) is 56.4 Å². The molecule has 1 aliphatic carbocycles. The molecule has 90 valence electrons. The molecule has 1 aromatic carbocycles. The van der Waals surface area contributed by atoms with Crippen LogP contribution in [0.25, 0.3) is 5.57 Å². The molecule has 0 aromatic heterocycles. The Morgan fingerprint density at radius 2 is 1.76 bits per heavy atom. The van der Waals surface area contributed by atoms with E-state index in [0.717, 1.165) is 12.0 Å². The number of allylic oxidation sites excluding steroid dienone is 4. The average molecular weight is 228 g/mol. The Labute approximate surface area is 103 Å². The molecule has 0 heterocycles. The Balaban J connectivity index is 2.56. The Morgan fingerprint density at radius 1 is 1.12 bits per heavy atom. The Bertz CT molecular complexity index is 499.